The maximum atomic E-state index is 13.3. The number of aliphatic hydroxyl groups is 1. The third-order valence-corrected chi connectivity index (χ3v) is 6.99. The normalized spacial score (nSPS) is 19.6. The standard InChI is InChI=1S/C31H32N2O5/c34-29(24-11-5-2-6-12-24)27-28(25-13-7-14-26(21-25)38-22-23-9-3-1-4-10-23)33(31(36)30(27)35)16-8-15-32-17-19-37-20-18-32/h1-7,9-14,21,28,34H,8,15-20,22H2. The van der Waals surface area contributed by atoms with Gasteiger partial charge >= 0.3 is 0 Å². The van der Waals surface area contributed by atoms with Gasteiger partial charge in [0.15, 0.2) is 0 Å². The molecule has 1 unspecified atom stereocenters. The second-order valence-corrected chi connectivity index (χ2v) is 9.51. The van der Waals surface area contributed by atoms with E-state index >= 15 is 0 Å². The molecule has 0 aliphatic carbocycles. The van der Waals surface area contributed by atoms with Crippen LogP contribution in [0.3, 0.4) is 0 Å². The SMILES string of the molecule is O=C1C(=O)N(CCCN2CCOCC2)C(c2cccc(OCc3ccccc3)c2)C1=C(O)c1ccccc1. The van der Waals surface area contributed by atoms with Gasteiger partial charge in [-0.05, 0) is 29.7 Å². The topological polar surface area (TPSA) is 79.3 Å². The minimum atomic E-state index is -0.708. The molecule has 0 radical (unpaired) electrons. The van der Waals surface area contributed by atoms with Crippen molar-refractivity contribution in [3.05, 3.63) is 107 Å². The number of carbonyl (C=O) groups is 2. The van der Waals surface area contributed by atoms with Crippen LogP contribution in [0.4, 0.5) is 0 Å². The number of rotatable bonds is 9. The minimum Gasteiger partial charge on any atom is -0.507 e. The number of hydrogen-bond donors (Lipinski definition) is 1. The molecule has 0 aromatic heterocycles. The van der Waals surface area contributed by atoms with E-state index in [4.69, 9.17) is 9.47 Å². The number of benzene rings is 3. The highest BCUT2D eigenvalue weighted by Crippen LogP contribution is 2.40. The average Bonchev–Trinajstić information content (AvgIpc) is 3.22. The van der Waals surface area contributed by atoms with E-state index in [1.54, 1.807) is 29.2 Å². The van der Waals surface area contributed by atoms with Crippen LogP contribution in [0, 0.1) is 0 Å². The van der Waals surface area contributed by atoms with Gasteiger partial charge in [0.1, 0.15) is 18.1 Å². The summed E-state index contributed by atoms with van der Waals surface area (Å²) in [7, 11) is 0. The molecule has 38 heavy (non-hydrogen) atoms. The van der Waals surface area contributed by atoms with Crippen molar-refractivity contribution in [2.75, 3.05) is 39.4 Å². The quantitative estimate of drug-likeness (QED) is 0.260. The number of ketones is 1. The zero-order valence-corrected chi connectivity index (χ0v) is 21.3. The lowest BCUT2D eigenvalue weighted by Gasteiger charge is -2.29. The van der Waals surface area contributed by atoms with E-state index in [2.05, 4.69) is 4.90 Å². The Balaban J connectivity index is 1.44. The number of nitrogens with zero attached hydrogens (tertiary/aromatic N) is 2. The monoisotopic (exact) mass is 512 g/mol. The van der Waals surface area contributed by atoms with E-state index in [0.29, 0.717) is 44.1 Å². The van der Waals surface area contributed by atoms with Gasteiger partial charge in [0.25, 0.3) is 11.7 Å². The molecule has 3 aromatic rings. The molecule has 7 heteroatoms. The van der Waals surface area contributed by atoms with E-state index in [0.717, 1.165) is 30.8 Å². The molecule has 0 spiro atoms. The van der Waals surface area contributed by atoms with Gasteiger partial charge in [0.05, 0.1) is 24.8 Å². The lowest BCUT2D eigenvalue weighted by atomic mass is 9.95. The molecule has 0 saturated carbocycles. The molecule has 2 aliphatic heterocycles. The van der Waals surface area contributed by atoms with Crippen LogP contribution < -0.4 is 4.74 Å². The molecule has 196 valence electrons. The minimum absolute atomic E-state index is 0.104. The van der Waals surface area contributed by atoms with Gasteiger partial charge in [-0.25, -0.2) is 0 Å². The van der Waals surface area contributed by atoms with Gasteiger partial charge in [0, 0.05) is 31.7 Å². The number of likely N-dealkylation sites (tertiary alicyclic amines) is 1. The summed E-state index contributed by atoms with van der Waals surface area (Å²) in [6.45, 7) is 4.72. The van der Waals surface area contributed by atoms with Crippen molar-refractivity contribution in [1.82, 2.24) is 9.80 Å². The third-order valence-electron chi connectivity index (χ3n) is 6.99. The average molecular weight is 513 g/mol. The Hall–Kier alpha value is -3.94. The third kappa shape index (κ3) is 5.79. The predicted molar refractivity (Wildman–Crippen MR) is 145 cm³/mol. The highest BCUT2D eigenvalue weighted by Gasteiger charge is 2.46. The smallest absolute Gasteiger partial charge is 0.295 e. The number of carbonyl (C=O) groups excluding carboxylic acids is 2. The van der Waals surface area contributed by atoms with Crippen molar-refractivity contribution in [3.8, 4) is 5.75 Å². The maximum Gasteiger partial charge on any atom is 0.295 e. The number of Topliss-reactive ketones (excluding diaryl/α,β-unsaturated/α-hetero) is 1. The highest BCUT2D eigenvalue weighted by atomic mass is 16.5. The zero-order chi connectivity index (χ0) is 26.3. The summed E-state index contributed by atoms with van der Waals surface area (Å²) in [5.74, 6) is -0.798. The van der Waals surface area contributed by atoms with Gasteiger partial charge in [-0.2, -0.15) is 0 Å². The Labute approximate surface area is 222 Å². The van der Waals surface area contributed by atoms with Crippen LogP contribution in [0.1, 0.15) is 29.2 Å². The lowest BCUT2D eigenvalue weighted by Crippen LogP contribution is -2.38. The van der Waals surface area contributed by atoms with Gasteiger partial charge in [-0.1, -0.05) is 72.8 Å². The summed E-state index contributed by atoms with van der Waals surface area (Å²) in [5.41, 5.74) is 2.36. The number of ether oxygens (including phenoxy) is 2. The molecular formula is C31H32N2O5. The summed E-state index contributed by atoms with van der Waals surface area (Å²) in [5, 5.41) is 11.2. The Morgan fingerprint density at radius 2 is 1.61 bits per heavy atom. The van der Waals surface area contributed by atoms with Crippen molar-refractivity contribution < 1.29 is 24.2 Å². The summed E-state index contributed by atoms with van der Waals surface area (Å²) < 4.78 is 11.5. The van der Waals surface area contributed by atoms with Crippen LogP contribution in [-0.4, -0.2) is 66.0 Å². The van der Waals surface area contributed by atoms with E-state index in [-0.39, 0.29) is 11.3 Å². The molecule has 1 atom stereocenters. The van der Waals surface area contributed by atoms with Crippen LogP contribution in [0.5, 0.6) is 5.75 Å². The van der Waals surface area contributed by atoms with Gasteiger partial charge in [-0.3, -0.25) is 14.5 Å². The van der Waals surface area contributed by atoms with Crippen LogP contribution in [0.25, 0.3) is 5.76 Å². The molecule has 2 aliphatic rings. The van der Waals surface area contributed by atoms with Crippen molar-refractivity contribution in [1.29, 1.82) is 0 Å². The van der Waals surface area contributed by atoms with E-state index < -0.39 is 17.7 Å². The molecule has 2 saturated heterocycles. The Morgan fingerprint density at radius 3 is 2.34 bits per heavy atom. The first kappa shape index (κ1) is 25.7. The van der Waals surface area contributed by atoms with E-state index in [9.17, 15) is 14.7 Å². The lowest BCUT2D eigenvalue weighted by molar-refractivity contribution is -0.140. The fraction of sp³-hybridized carbons (Fsp3) is 0.290. The Morgan fingerprint density at radius 1 is 0.895 bits per heavy atom. The largest absolute Gasteiger partial charge is 0.507 e. The van der Waals surface area contributed by atoms with Crippen molar-refractivity contribution >= 4 is 17.4 Å². The summed E-state index contributed by atoms with van der Waals surface area (Å²) in [6, 6.07) is 25.5. The van der Waals surface area contributed by atoms with Gasteiger partial charge < -0.3 is 19.5 Å². The van der Waals surface area contributed by atoms with Gasteiger partial charge in [0.2, 0.25) is 0 Å². The van der Waals surface area contributed by atoms with Crippen molar-refractivity contribution in [2.24, 2.45) is 0 Å². The molecular weight excluding hydrogens is 480 g/mol. The van der Waals surface area contributed by atoms with E-state index in [1.165, 1.54) is 0 Å². The first-order valence-corrected chi connectivity index (χ1v) is 13.0. The fourth-order valence-corrected chi connectivity index (χ4v) is 5.01. The predicted octanol–water partition coefficient (Wildman–Crippen LogP) is 4.41. The Bertz CT molecular complexity index is 1290. The second-order valence-electron chi connectivity index (χ2n) is 9.51. The summed E-state index contributed by atoms with van der Waals surface area (Å²) in [6.07, 6.45) is 0.707. The summed E-state index contributed by atoms with van der Waals surface area (Å²) in [4.78, 5) is 30.5. The highest BCUT2D eigenvalue weighted by molar-refractivity contribution is 6.46. The molecule has 5 rings (SSSR count). The second kappa shape index (κ2) is 12.1. The molecule has 2 fully saturated rings. The van der Waals surface area contributed by atoms with Crippen LogP contribution in [0.15, 0.2) is 90.5 Å². The molecule has 3 aromatic carbocycles. The van der Waals surface area contributed by atoms with E-state index in [1.807, 2.05) is 60.7 Å². The molecule has 7 nitrogen and oxygen atoms in total. The van der Waals surface area contributed by atoms with Gasteiger partial charge in [-0.15, -0.1) is 0 Å². The first-order valence-electron chi connectivity index (χ1n) is 13.0. The molecule has 1 amide bonds. The number of amides is 1. The molecule has 0 bridgehead atoms. The van der Waals surface area contributed by atoms with Crippen LogP contribution in [0.2, 0.25) is 0 Å². The van der Waals surface area contributed by atoms with Crippen LogP contribution >= 0.6 is 0 Å². The number of aliphatic hydroxyl groups excluding tert-OH is 1. The maximum absolute atomic E-state index is 13.3. The summed E-state index contributed by atoms with van der Waals surface area (Å²) >= 11 is 0. The van der Waals surface area contributed by atoms with Crippen LogP contribution in [-0.2, 0) is 20.9 Å². The van der Waals surface area contributed by atoms with Crippen molar-refractivity contribution in [2.45, 2.75) is 19.1 Å². The molecule has 1 N–H and O–H groups in total. The molecule has 2 heterocycles. The first-order chi connectivity index (χ1) is 18.6. The Kier molecular flexibility index (Phi) is 8.16. The zero-order valence-electron chi connectivity index (χ0n) is 21.3. The van der Waals surface area contributed by atoms with Crippen molar-refractivity contribution in [3.63, 3.8) is 0 Å². The fourth-order valence-electron chi connectivity index (χ4n) is 5.01. The number of morpholine rings is 1. The number of hydrogen-bond acceptors (Lipinski definition) is 6.